The minimum Gasteiger partial charge on any atom is -0.497 e. The number of nitrogens with one attached hydrogen (secondary N) is 1. The maximum atomic E-state index is 5.96. The summed E-state index contributed by atoms with van der Waals surface area (Å²) < 4.78 is 11.2. The number of rotatable bonds is 3. The van der Waals surface area contributed by atoms with Gasteiger partial charge >= 0.3 is 0 Å². The third-order valence-corrected chi connectivity index (χ3v) is 4.97. The molecule has 4 rings (SSSR count). The van der Waals surface area contributed by atoms with Crippen LogP contribution >= 0.6 is 11.8 Å². The summed E-state index contributed by atoms with van der Waals surface area (Å²) in [5.74, 6) is 2.02. The largest absolute Gasteiger partial charge is 0.497 e. The molecule has 0 saturated heterocycles. The average Bonchev–Trinajstić information content (AvgIpc) is 2.94. The van der Waals surface area contributed by atoms with E-state index in [9.17, 15) is 0 Å². The van der Waals surface area contributed by atoms with Gasteiger partial charge in [-0.25, -0.2) is 0 Å². The van der Waals surface area contributed by atoms with Crippen molar-refractivity contribution in [3.8, 4) is 5.75 Å². The normalized spacial score (nSPS) is 14.0. The van der Waals surface area contributed by atoms with Crippen molar-refractivity contribution in [3.05, 3.63) is 53.8 Å². The minimum absolute atomic E-state index is 0.884. The van der Waals surface area contributed by atoms with Gasteiger partial charge in [0.25, 0.3) is 0 Å². The third-order valence-electron chi connectivity index (χ3n) is 3.97. The summed E-state index contributed by atoms with van der Waals surface area (Å²) in [6.45, 7) is 1.90. The Kier molecular flexibility index (Phi) is 3.56. The van der Waals surface area contributed by atoms with Crippen molar-refractivity contribution in [2.24, 2.45) is 0 Å². The average molecular weight is 311 g/mol. The molecule has 0 spiro atoms. The minimum atomic E-state index is 0.884. The van der Waals surface area contributed by atoms with Crippen molar-refractivity contribution < 1.29 is 9.15 Å². The molecule has 0 saturated carbocycles. The van der Waals surface area contributed by atoms with Crippen LogP contribution in [0, 0.1) is 0 Å². The quantitative estimate of drug-likeness (QED) is 0.784. The lowest BCUT2D eigenvalue weighted by Crippen LogP contribution is -2.22. The van der Waals surface area contributed by atoms with Crippen LogP contribution in [0.4, 0.5) is 0 Å². The van der Waals surface area contributed by atoms with Gasteiger partial charge in [0, 0.05) is 40.3 Å². The van der Waals surface area contributed by atoms with E-state index in [-0.39, 0.29) is 0 Å². The van der Waals surface area contributed by atoms with Gasteiger partial charge in [-0.3, -0.25) is 0 Å². The van der Waals surface area contributed by atoms with Gasteiger partial charge in [0.2, 0.25) is 0 Å². The Labute approximate surface area is 133 Å². The number of hydrogen-bond donors (Lipinski definition) is 1. The van der Waals surface area contributed by atoms with E-state index in [1.54, 1.807) is 18.9 Å². The zero-order valence-corrected chi connectivity index (χ0v) is 13.2. The Morgan fingerprint density at radius 1 is 1.09 bits per heavy atom. The van der Waals surface area contributed by atoms with Gasteiger partial charge in [-0.05, 0) is 42.5 Å². The fourth-order valence-corrected chi connectivity index (χ4v) is 3.69. The van der Waals surface area contributed by atoms with E-state index in [0.29, 0.717) is 0 Å². The van der Waals surface area contributed by atoms with Crippen LogP contribution in [0.3, 0.4) is 0 Å². The van der Waals surface area contributed by atoms with E-state index in [1.807, 2.05) is 12.1 Å². The number of hydrogen-bond acceptors (Lipinski definition) is 4. The van der Waals surface area contributed by atoms with E-state index in [4.69, 9.17) is 9.15 Å². The maximum absolute atomic E-state index is 5.96. The van der Waals surface area contributed by atoms with E-state index in [1.165, 1.54) is 20.7 Å². The third kappa shape index (κ3) is 2.49. The lowest BCUT2D eigenvalue weighted by Gasteiger charge is -2.11. The molecule has 0 fully saturated rings. The highest BCUT2D eigenvalue weighted by molar-refractivity contribution is 7.99. The van der Waals surface area contributed by atoms with Crippen LogP contribution in [0.15, 0.2) is 56.7 Å². The lowest BCUT2D eigenvalue weighted by molar-refractivity contribution is 0.414. The van der Waals surface area contributed by atoms with Gasteiger partial charge in [-0.15, -0.1) is 0 Å². The molecule has 1 aliphatic heterocycles. The first-order valence-corrected chi connectivity index (χ1v) is 8.22. The molecule has 1 aliphatic rings. The van der Waals surface area contributed by atoms with Crippen LogP contribution < -0.4 is 10.1 Å². The summed E-state index contributed by atoms with van der Waals surface area (Å²) in [6.07, 6.45) is 0.977. The molecule has 3 nitrogen and oxygen atoms in total. The fraction of sp³-hybridized carbons (Fsp3) is 0.222. The molecule has 2 aromatic carbocycles. The molecule has 3 aromatic rings. The second-order valence-electron chi connectivity index (χ2n) is 5.37. The van der Waals surface area contributed by atoms with Crippen LogP contribution in [-0.2, 0) is 13.0 Å². The fourth-order valence-electron chi connectivity index (χ4n) is 2.83. The maximum Gasteiger partial charge on any atom is 0.134 e. The predicted molar refractivity (Wildman–Crippen MR) is 88.7 cm³/mol. The van der Waals surface area contributed by atoms with E-state index < -0.39 is 0 Å². The molecule has 0 amide bonds. The van der Waals surface area contributed by atoms with Crippen molar-refractivity contribution in [2.75, 3.05) is 13.7 Å². The molecule has 0 radical (unpaired) electrons. The van der Waals surface area contributed by atoms with Crippen LogP contribution in [0.25, 0.3) is 11.0 Å². The summed E-state index contributed by atoms with van der Waals surface area (Å²) in [7, 11) is 1.69. The van der Waals surface area contributed by atoms with E-state index in [0.717, 1.165) is 36.6 Å². The van der Waals surface area contributed by atoms with Gasteiger partial charge in [0.1, 0.15) is 17.1 Å². The smallest absolute Gasteiger partial charge is 0.134 e. The Hall–Kier alpha value is -1.91. The molecule has 112 valence electrons. The van der Waals surface area contributed by atoms with Crippen molar-refractivity contribution in [3.63, 3.8) is 0 Å². The molecule has 22 heavy (non-hydrogen) atoms. The van der Waals surface area contributed by atoms with Gasteiger partial charge in [0.15, 0.2) is 0 Å². The second-order valence-corrected chi connectivity index (χ2v) is 6.51. The molecular formula is C18H17NO2S. The van der Waals surface area contributed by atoms with Gasteiger partial charge in [-0.2, -0.15) is 0 Å². The number of furan rings is 1. The van der Waals surface area contributed by atoms with Gasteiger partial charge in [0.05, 0.1) is 7.11 Å². The number of fused-ring (bicyclic) bond motifs is 3. The van der Waals surface area contributed by atoms with Crippen molar-refractivity contribution in [2.45, 2.75) is 22.8 Å². The van der Waals surface area contributed by atoms with Crippen LogP contribution in [0.1, 0.15) is 11.3 Å². The van der Waals surface area contributed by atoms with E-state index in [2.05, 4.69) is 35.6 Å². The highest BCUT2D eigenvalue weighted by Gasteiger charge is 2.17. The topological polar surface area (TPSA) is 34.4 Å². The molecule has 1 N–H and O–H groups in total. The van der Waals surface area contributed by atoms with Crippen molar-refractivity contribution >= 4 is 22.7 Å². The summed E-state index contributed by atoms with van der Waals surface area (Å²) in [6, 6.07) is 14.6. The molecular weight excluding hydrogens is 294 g/mol. The Morgan fingerprint density at radius 3 is 2.73 bits per heavy atom. The van der Waals surface area contributed by atoms with Crippen molar-refractivity contribution in [1.82, 2.24) is 5.32 Å². The molecule has 4 heteroatoms. The molecule has 0 bridgehead atoms. The summed E-state index contributed by atoms with van der Waals surface area (Å²) in [5.41, 5.74) is 2.31. The van der Waals surface area contributed by atoms with Gasteiger partial charge in [-0.1, -0.05) is 11.8 Å². The second kappa shape index (κ2) is 5.71. The zero-order chi connectivity index (χ0) is 14.9. The predicted octanol–water partition coefficient (Wildman–Crippen LogP) is 4.24. The number of methoxy groups -OCH3 is 1. The molecule has 2 heterocycles. The SMILES string of the molecule is COc1ccc(Sc2ccc3oc4c(c3c2)CNCC4)cc1. The summed E-state index contributed by atoms with van der Waals surface area (Å²) in [4.78, 5) is 2.43. The first-order chi connectivity index (χ1) is 10.8. The summed E-state index contributed by atoms with van der Waals surface area (Å²) in [5, 5.41) is 4.66. The molecule has 0 unspecified atom stereocenters. The number of ether oxygens (including phenoxy) is 1. The Bertz CT molecular complexity index is 808. The lowest BCUT2D eigenvalue weighted by atomic mass is 10.1. The summed E-state index contributed by atoms with van der Waals surface area (Å²) >= 11 is 1.76. The number of benzene rings is 2. The van der Waals surface area contributed by atoms with Crippen LogP contribution in [0.5, 0.6) is 5.75 Å². The van der Waals surface area contributed by atoms with Crippen LogP contribution in [0.2, 0.25) is 0 Å². The first-order valence-electron chi connectivity index (χ1n) is 7.40. The highest BCUT2D eigenvalue weighted by atomic mass is 32.2. The Balaban J connectivity index is 1.66. The van der Waals surface area contributed by atoms with E-state index >= 15 is 0 Å². The zero-order valence-electron chi connectivity index (χ0n) is 12.4. The molecule has 1 aromatic heterocycles. The van der Waals surface area contributed by atoms with Crippen molar-refractivity contribution in [1.29, 1.82) is 0 Å². The molecule has 0 atom stereocenters. The molecule has 0 aliphatic carbocycles. The monoisotopic (exact) mass is 311 g/mol. The van der Waals surface area contributed by atoms with Crippen LogP contribution in [-0.4, -0.2) is 13.7 Å². The van der Waals surface area contributed by atoms with Gasteiger partial charge < -0.3 is 14.5 Å². The first kappa shape index (κ1) is 13.7. The standard InChI is InChI=1S/C18H17NO2S/c1-20-12-2-4-13(5-3-12)22-14-6-7-17-15(10-14)16-11-19-9-8-18(16)21-17/h2-7,10,19H,8-9,11H2,1H3. The highest BCUT2D eigenvalue weighted by Crippen LogP contribution is 2.34. The Morgan fingerprint density at radius 2 is 1.91 bits per heavy atom.